The molecule has 0 spiro atoms. The highest BCUT2D eigenvalue weighted by Gasteiger charge is 2.17. The summed E-state index contributed by atoms with van der Waals surface area (Å²) in [5, 5.41) is 9.01. The molecule has 1 aromatic rings. The summed E-state index contributed by atoms with van der Waals surface area (Å²) in [6, 6.07) is 4.27. The lowest BCUT2D eigenvalue weighted by Crippen LogP contribution is -2.10. The number of rotatable bonds is 6. The number of benzene rings is 1. The van der Waals surface area contributed by atoms with Gasteiger partial charge in [-0.25, -0.2) is 13.2 Å². The van der Waals surface area contributed by atoms with Gasteiger partial charge in [-0.1, -0.05) is 19.9 Å². The van der Waals surface area contributed by atoms with Crippen molar-refractivity contribution < 1.29 is 18.3 Å². The fraction of sp³-hybridized carbons (Fsp3) is 0.500. The Morgan fingerprint density at radius 3 is 2.47 bits per heavy atom. The Morgan fingerprint density at radius 1 is 1.32 bits per heavy atom. The van der Waals surface area contributed by atoms with Crippen molar-refractivity contribution >= 4 is 15.8 Å². The van der Waals surface area contributed by atoms with Crippen molar-refractivity contribution in [1.29, 1.82) is 0 Å². The van der Waals surface area contributed by atoms with E-state index in [-0.39, 0.29) is 16.2 Å². The molecule has 1 aromatic carbocycles. The lowest BCUT2D eigenvalue weighted by Gasteiger charge is -2.08. The topological polar surface area (TPSA) is 71.4 Å². The van der Waals surface area contributed by atoms with Gasteiger partial charge >= 0.3 is 5.97 Å². The van der Waals surface area contributed by atoms with Crippen LogP contribution in [0.1, 0.15) is 42.6 Å². The molecule has 0 bridgehead atoms. The Kier molecular flexibility index (Phi) is 5.11. The zero-order chi connectivity index (χ0) is 14.6. The van der Waals surface area contributed by atoms with Crippen molar-refractivity contribution in [3.05, 3.63) is 29.3 Å². The van der Waals surface area contributed by atoms with Gasteiger partial charge < -0.3 is 5.11 Å². The molecule has 0 aromatic heterocycles. The standard InChI is InChI=1S/C14H20O4S/c1-10(2)5-4-8-19(17,18)12-7-6-11(3)13(9-12)14(15)16/h6-7,9-10H,4-5,8H2,1-3H3,(H,15,16). The van der Waals surface area contributed by atoms with Crippen LogP contribution in [0.3, 0.4) is 0 Å². The minimum absolute atomic E-state index is 0.0462. The van der Waals surface area contributed by atoms with E-state index >= 15 is 0 Å². The van der Waals surface area contributed by atoms with Crippen LogP contribution in [-0.4, -0.2) is 25.2 Å². The molecule has 0 fully saturated rings. The van der Waals surface area contributed by atoms with Crippen LogP contribution in [0.5, 0.6) is 0 Å². The zero-order valence-corrected chi connectivity index (χ0v) is 12.3. The van der Waals surface area contributed by atoms with Crippen LogP contribution >= 0.6 is 0 Å². The van der Waals surface area contributed by atoms with Gasteiger partial charge in [0.25, 0.3) is 0 Å². The molecular formula is C14H20O4S. The van der Waals surface area contributed by atoms with E-state index in [1.54, 1.807) is 13.0 Å². The first kappa shape index (κ1) is 15.7. The summed E-state index contributed by atoms with van der Waals surface area (Å²) in [6.07, 6.45) is 1.44. The predicted molar refractivity (Wildman–Crippen MR) is 74.3 cm³/mol. The number of hydrogen-bond acceptors (Lipinski definition) is 3. The molecule has 0 saturated carbocycles. The zero-order valence-electron chi connectivity index (χ0n) is 11.5. The molecule has 1 N–H and O–H groups in total. The minimum atomic E-state index is -3.39. The normalized spacial score (nSPS) is 11.8. The van der Waals surface area contributed by atoms with Crippen molar-refractivity contribution in [1.82, 2.24) is 0 Å². The van der Waals surface area contributed by atoms with E-state index in [4.69, 9.17) is 5.11 Å². The summed E-state index contributed by atoms with van der Waals surface area (Å²) < 4.78 is 24.2. The highest BCUT2D eigenvalue weighted by Crippen LogP contribution is 2.18. The quantitative estimate of drug-likeness (QED) is 0.872. The molecule has 0 aliphatic heterocycles. The molecule has 0 radical (unpaired) electrons. The molecule has 0 atom stereocenters. The fourth-order valence-electron chi connectivity index (χ4n) is 1.82. The van der Waals surface area contributed by atoms with Crippen LogP contribution in [0.2, 0.25) is 0 Å². The third-order valence-corrected chi connectivity index (χ3v) is 4.79. The molecule has 0 aliphatic carbocycles. The molecule has 0 amide bonds. The maximum atomic E-state index is 12.1. The number of carboxylic acids is 1. The van der Waals surface area contributed by atoms with Crippen molar-refractivity contribution in [3.63, 3.8) is 0 Å². The third kappa shape index (κ3) is 4.35. The van der Waals surface area contributed by atoms with Gasteiger partial charge in [0, 0.05) is 0 Å². The van der Waals surface area contributed by atoms with Gasteiger partial charge in [0.1, 0.15) is 0 Å². The van der Waals surface area contributed by atoms with E-state index in [1.165, 1.54) is 12.1 Å². The van der Waals surface area contributed by atoms with E-state index in [2.05, 4.69) is 0 Å². The number of aryl methyl sites for hydroxylation is 1. The lowest BCUT2D eigenvalue weighted by atomic mass is 10.1. The molecule has 19 heavy (non-hydrogen) atoms. The van der Waals surface area contributed by atoms with E-state index in [9.17, 15) is 13.2 Å². The summed E-state index contributed by atoms with van der Waals surface area (Å²) in [6.45, 7) is 5.74. The lowest BCUT2D eigenvalue weighted by molar-refractivity contribution is 0.0696. The summed E-state index contributed by atoms with van der Waals surface area (Å²) in [5.41, 5.74) is 0.610. The van der Waals surface area contributed by atoms with Gasteiger partial charge in [-0.15, -0.1) is 0 Å². The first-order valence-electron chi connectivity index (χ1n) is 6.30. The first-order valence-corrected chi connectivity index (χ1v) is 7.96. The van der Waals surface area contributed by atoms with Crippen molar-refractivity contribution in [2.45, 2.75) is 38.5 Å². The number of carbonyl (C=O) groups is 1. The maximum Gasteiger partial charge on any atom is 0.335 e. The number of carboxylic acid groups (broad SMARTS) is 1. The van der Waals surface area contributed by atoms with Gasteiger partial charge in [0.05, 0.1) is 16.2 Å². The molecule has 0 saturated heterocycles. The van der Waals surface area contributed by atoms with Crippen LogP contribution in [0.4, 0.5) is 0 Å². The summed E-state index contributed by atoms with van der Waals surface area (Å²) in [5.74, 6) is -0.577. The molecule has 5 heteroatoms. The van der Waals surface area contributed by atoms with Crippen LogP contribution in [0, 0.1) is 12.8 Å². The molecule has 1 rings (SSSR count). The second-order valence-electron chi connectivity index (χ2n) is 5.14. The van der Waals surface area contributed by atoms with Crippen LogP contribution < -0.4 is 0 Å². The number of sulfone groups is 1. The smallest absolute Gasteiger partial charge is 0.335 e. The van der Waals surface area contributed by atoms with Crippen LogP contribution in [-0.2, 0) is 9.84 Å². The van der Waals surface area contributed by atoms with E-state index < -0.39 is 15.8 Å². The summed E-state index contributed by atoms with van der Waals surface area (Å²) >= 11 is 0. The Morgan fingerprint density at radius 2 is 1.95 bits per heavy atom. The second-order valence-corrected chi connectivity index (χ2v) is 7.25. The molecular weight excluding hydrogens is 264 g/mol. The highest BCUT2D eigenvalue weighted by atomic mass is 32.2. The number of hydrogen-bond donors (Lipinski definition) is 1. The Balaban J connectivity index is 2.96. The average molecular weight is 284 g/mol. The molecule has 0 unspecified atom stereocenters. The Labute approximate surface area is 114 Å². The second kappa shape index (κ2) is 6.19. The Hall–Kier alpha value is -1.36. The highest BCUT2D eigenvalue weighted by molar-refractivity contribution is 7.91. The summed E-state index contributed by atoms with van der Waals surface area (Å²) in [4.78, 5) is 11.1. The van der Waals surface area contributed by atoms with Gasteiger partial charge in [-0.05, 0) is 43.4 Å². The minimum Gasteiger partial charge on any atom is -0.478 e. The third-order valence-electron chi connectivity index (χ3n) is 2.99. The SMILES string of the molecule is Cc1ccc(S(=O)(=O)CCCC(C)C)cc1C(=O)O. The van der Waals surface area contributed by atoms with E-state index in [1.807, 2.05) is 13.8 Å². The maximum absolute atomic E-state index is 12.1. The molecule has 106 valence electrons. The van der Waals surface area contributed by atoms with Crippen LogP contribution in [0.15, 0.2) is 23.1 Å². The number of aromatic carboxylic acids is 1. The average Bonchev–Trinajstić information content (AvgIpc) is 2.27. The van der Waals surface area contributed by atoms with Crippen molar-refractivity contribution in [2.24, 2.45) is 5.92 Å². The van der Waals surface area contributed by atoms with Crippen molar-refractivity contribution in [2.75, 3.05) is 5.75 Å². The Bertz CT molecular complexity index is 559. The van der Waals surface area contributed by atoms with Crippen LogP contribution in [0.25, 0.3) is 0 Å². The van der Waals surface area contributed by atoms with Gasteiger partial charge in [-0.2, -0.15) is 0 Å². The van der Waals surface area contributed by atoms with Gasteiger partial charge in [0.2, 0.25) is 0 Å². The van der Waals surface area contributed by atoms with Gasteiger partial charge in [-0.3, -0.25) is 0 Å². The van der Waals surface area contributed by atoms with Crippen molar-refractivity contribution in [3.8, 4) is 0 Å². The molecule has 0 heterocycles. The van der Waals surface area contributed by atoms with E-state index in [0.29, 0.717) is 17.9 Å². The molecule has 4 nitrogen and oxygen atoms in total. The fourth-order valence-corrected chi connectivity index (χ4v) is 3.18. The molecule has 0 aliphatic rings. The van der Waals surface area contributed by atoms with Gasteiger partial charge in [0.15, 0.2) is 9.84 Å². The predicted octanol–water partition coefficient (Wildman–Crippen LogP) is 2.90. The largest absolute Gasteiger partial charge is 0.478 e. The van der Waals surface area contributed by atoms with E-state index in [0.717, 1.165) is 6.42 Å². The first-order chi connectivity index (χ1) is 8.74. The monoisotopic (exact) mass is 284 g/mol. The summed E-state index contributed by atoms with van der Waals surface area (Å²) in [7, 11) is -3.39.